The number of rotatable bonds is 4. The molecule has 3 N–H and O–H groups in total. The number of hydrogen-bond donors (Lipinski definition) is 3. The molecule has 1 saturated carbocycles. The van der Waals surface area contributed by atoms with Crippen molar-refractivity contribution in [3.63, 3.8) is 0 Å². The fourth-order valence-corrected chi connectivity index (χ4v) is 1.71. The molecule has 90 valence electrons. The third-order valence-electron chi connectivity index (χ3n) is 3.03. The van der Waals surface area contributed by atoms with Crippen molar-refractivity contribution < 1.29 is 19.4 Å². The lowest BCUT2D eigenvalue weighted by atomic mass is 9.99. The van der Waals surface area contributed by atoms with Crippen LogP contribution in [0.3, 0.4) is 0 Å². The number of ether oxygens (including phenoxy) is 1. The maximum absolute atomic E-state index is 11.5. The second-order valence-electron chi connectivity index (χ2n) is 4.47. The lowest BCUT2D eigenvalue weighted by Gasteiger charge is -2.23. The number of carbonyl (C=O) groups is 2. The Kier molecular flexibility index (Phi) is 3.00. The van der Waals surface area contributed by atoms with E-state index in [-0.39, 0.29) is 6.61 Å². The molecule has 0 aromatic carbocycles. The van der Waals surface area contributed by atoms with Crippen LogP contribution >= 0.6 is 0 Å². The standard InChI is InChI=1S/C10H16N2O4/c13-8(14)10(3-4-16-6-10)12-9(15)11-5-7-1-2-7/h7H,1-6H2,(H,13,14)(H2,11,12,15). The van der Waals surface area contributed by atoms with Crippen molar-refractivity contribution >= 4 is 12.0 Å². The molecule has 1 aliphatic carbocycles. The first-order chi connectivity index (χ1) is 7.62. The second-order valence-corrected chi connectivity index (χ2v) is 4.47. The Morgan fingerprint density at radius 1 is 1.44 bits per heavy atom. The van der Waals surface area contributed by atoms with Crippen LogP contribution in [0.15, 0.2) is 0 Å². The van der Waals surface area contributed by atoms with E-state index in [4.69, 9.17) is 9.84 Å². The van der Waals surface area contributed by atoms with Crippen molar-refractivity contribution in [2.45, 2.75) is 24.8 Å². The quantitative estimate of drug-likeness (QED) is 0.629. The lowest BCUT2D eigenvalue weighted by Crippen LogP contribution is -2.57. The van der Waals surface area contributed by atoms with Gasteiger partial charge in [0.1, 0.15) is 0 Å². The zero-order valence-electron chi connectivity index (χ0n) is 8.99. The largest absolute Gasteiger partial charge is 0.479 e. The minimum absolute atomic E-state index is 0.0409. The molecule has 2 rings (SSSR count). The molecule has 1 saturated heterocycles. The van der Waals surface area contributed by atoms with Gasteiger partial charge in [0.2, 0.25) is 0 Å². The molecule has 0 radical (unpaired) electrons. The average Bonchev–Trinajstić information content (AvgIpc) is 2.95. The number of urea groups is 1. The first-order valence-electron chi connectivity index (χ1n) is 5.49. The fraction of sp³-hybridized carbons (Fsp3) is 0.800. The summed E-state index contributed by atoms with van der Waals surface area (Å²) in [5.41, 5.74) is -1.24. The van der Waals surface area contributed by atoms with Crippen LogP contribution in [0.25, 0.3) is 0 Å². The summed E-state index contributed by atoms with van der Waals surface area (Å²) in [4.78, 5) is 22.6. The van der Waals surface area contributed by atoms with E-state index in [1.165, 1.54) is 0 Å². The SMILES string of the molecule is O=C(NCC1CC1)NC1(C(=O)O)CCOC1. The Hall–Kier alpha value is -1.30. The second kappa shape index (κ2) is 4.29. The molecule has 6 heteroatoms. The summed E-state index contributed by atoms with van der Waals surface area (Å²) in [6.07, 6.45) is 2.61. The Balaban J connectivity index is 1.84. The van der Waals surface area contributed by atoms with Crippen molar-refractivity contribution in [2.24, 2.45) is 5.92 Å². The molecule has 16 heavy (non-hydrogen) atoms. The third kappa shape index (κ3) is 2.44. The third-order valence-corrected chi connectivity index (χ3v) is 3.03. The molecule has 1 heterocycles. The van der Waals surface area contributed by atoms with Gasteiger partial charge in [0.25, 0.3) is 0 Å². The van der Waals surface area contributed by atoms with Crippen LogP contribution in [0.1, 0.15) is 19.3 Å². The summed E-state index contributed by atoms with van der Waals surface area (Å²) >= 11 is 0. The van der Waals surface area contributed by atoms with E-state index in [9.17, 15) is 9.59 Å². The van der Waals surface area contributed by atoms with E-state index < -0.39 is 17.5 Å². The van der Waals surface area contributed by atoms with E-state index in [0.717, 1.165) is 12.8 Å². The zero-order chi connectivity index (χ0) is 11.6. The van der Waals surface area contributed by atoms with Crippen LogP contribution in [-0.4, -0.2) is 42.4 Å². The molecule has 2 amide bonds. The zero-order valence-corrected chi connectivity index (χ0v) is 8.99. The predicted octanol–water partition coefficient (Wildman–Crippen LogP) is -0.0607. The summed E-state index contributed by atoms with van der Waals surface area (Å²) in [6, 6.07) is -0.417. The van der Waals surface area contributed by atoms with Crippen molar-refractivity contribution in [1.29, 1.82) is 0 Å². The van der Waals surface area contributed by atoms with E-state index in [1.54, 1.807) is 0 Å². The number of amides is 2. The Morgan fingerprint density at radius 3 is 2.69 bits per heavy atom. The van der Waals surface area contributed by atoms with Crippen molar-refractivity contribution in [3.05, 3.63) is 0 Å². The summed E-state index contributed by atoms with van der Waals surface area (Å²) in [7, 11) is 0. The molecule has 6 nitrogen and oxygen atoms in total. The minimum atomic E-state index is -1.24. The average molecular weight is 228 g/mol. The highest BCUT2D eigenvalue weighted by atomic mass is 16.5. The summed E-state index contributed by atoms with van der Waals surface area (Å²) in [5, 5.41) is 14.3. The molecule has 0 aromatic heterocycles. The van der Waals surface area contributed by atoms with Crippen LogP contribution in [0.2, 0.25) is 0 Å². The Morgan fingerprint density at radius 2 is 2.19 bits per heavy atom. The van der Waals surface area contributed by atoms with Crippen molar-refractivity contribution in [3.8, 4) is 0 Å². The van der Waals surface area contributed by atoms with Gasteiger partial charge in [0, 0.05) is 19.6 Å². The molecular formula is C10H16N2O4. The van der Waals surface area contributed by atoms with Gasteiger partial charge >= 0.3 is 12.0 Å². The highest BCUT2D eigenvalue weighted by Gasteiger charge is 2.44. The maximum Gasteiger partial charge on any atom is 0.332 e. The van der Waals surface area contributed by atoms with Gasteiger partial charge in [-0.1, -0.05) is 0 Å². The summed E-state index contributed by atoms with van der Waals surface area (Å²) < 4.78 is 5.04. The number of aliphatic carboxylic acids is 1. The normalized spacial score (nSPS) is 28.8. The van der Waals surface area contributed by atoms with Crippen LogP contribution < -0.4 is 10.6 Å². The molecule has 2 fully saturated rings. The van der Waals surface area contributed by atoms with Gasteiger partial charge in [0.15, 0.2) is 5.54 Å². The van der Waals surface area contributed by atoms with Crippen LogP contribution in [0, 0.1) is 5.92 Å². The van der Waals surface area contributed by atoms with Gasteiger partial charge in [-0.05, 0) is 18.8 Å². The van der Waals surface area contributed by atoms with Gasteiger partial charge in [0.05, 0.1) is 6.61 Å². The number of nitrogens with one attached hydrogen (secondary N) is 2. The molecule has 0 aromatic rings. The fourth-order valence-electron chi connectivity index (χ4n) is 1.71. The van der Waals surface area contributed by atoms with Gasteiger partial charge in [-0.25, -0.2) is 9.59 Å². The topological polar surface area (TPSA) is 87.7 Å². The van der Waals surface area contributed by atoms with Gasteiger partial charge in [-0.2, -0.15) is 0 Å². The summed E-state index contributed by atoms with van der Waals surface area (Å²) in [6.45, 7) is 1.04. The number of hydrogen-bond acceptors (Lipinski definition) is 3. The van der Waals surface area contributed by atoms with Crippen LogP contribution in [0.4, 0.5) is 4.79 Å². The number of carboxylic acids is 1. The minimum Gasteiger partial charge on any atom is -0.479 e. The Bertz CT molecular complexity index is 295. The van der Waals surface area contributed by atoms with Crippen molar-refractivity contribution in [2.75, 3.05) is 19.8 Å². The molecule has 1 aliphatic heterocycles. The molecule has 0 spiro atoms. The molecule has 2 aliphatic rings. The number of carbonyl (C=O) groups excluding carboxylic acids is 1. The smallest absolute Gasteiger partial charge is 0.332 e. The maximum atomic E-state index is 11.5. The number of carboxylic acid groups (broad SMARTS) is 1. The molecule has 1 atom stereocenters. The van der Waals surface area contributed by atoms with Gasteiger partial charge < -0.3 is 20.5 Å². The first-order valence-corrected chi connectivity index (χ1v) is 5.49. The van der Waals surface area contributed by atoms with E-state index >= 15 is 0 Å². The van der Waals surface area contributed by atoms with E-state index in [2.05, 4.69) is 10.6 Å². The lowest BCUT2D eigenvalue weighted by molar-refractivity contribution is -0.144. The summed E-state index contributed by atoms with van der Waals surface area (Å²) in [5.74, 6) is -0.460. The monoisotopic (exact) mass is 228 g/mol. The van der Waals surface area contributed by atoms with Gasteiger partial charge in [-0.3, -0.25) is 0 Å². The van der Waals surface area contributed by atoms with Crippen LogP contribution in [0.5, 0.6) is 0 Å². The van der Waals surface area contributed by atoms with Gasteiger partial charge in [-0.15, -0.1) is 0 Å². The molecule has 1 unspecified atom stereocenters. The van der Waals surface area contributed by atoms with E-state index in [1.807, 2.05) is 0 Å². The first kappa shape index (κ1) is 11.2. The Labute approximate surface area is 93.3 Å². The van der Waals surface area contributed by atoms with E-state index in [0.29, 0.717) is 25.5 Å². The predicted molar refractivity (Wildman–Crippen MR) is 55.1 cm³/mol. The van der Waals surface area contributed by atoms with Crippen molar-refractivity contribution in [1.82, 2.24) is 10.6 Å². The highest BCUT2D eigenvalue weighted by Crippen LogP contribution is 2.27. The van der Waals surface area contributed by atoms with Crippen LogP contribution in [-0.2, 0) is 9.53 Å². The molecular weight excluding hydrogens is 212 g/mol. The molecule has 0 bridgehead atoms. The highest BCUT2D eigenvalue weighted by molar-refractivity contribution is 5.86.